The Bertz CT molecular complexity index is 1020. The molecule has 3 rings (SSSR count). The molecule has 1 heterocycles. The van der Waals surface area contributed by atoms with Crippen LogP contribution in [0.1, 0.15) is 18.4 Å². The largest absolute Gasteiger partial charge is 0.493 e. The zero-order valence-corrected chi connectivity index (χ0v) is 15.6. The molecular weight excluding hydrogens is 357 g/mol. The van der Waals surface area contributed by atoms with Crippen LogP contribution < -0.4 is 10.4 Å². The normalized spacial score (nSPS) is 10.9. The molecule has 144 valence electrons. The molecule has 1 aromatic heterocycles. The van der Waals surface area contributed by atoms with E-state index in [1.165, 1.54) is 18.2 Å². The van der Waals surface area contributed by atoms with Gasteiger partial charge in [-0.2, -0.15) is 0 Å². The lowest BCUT2D eigenvalue weighted by molar-refractivity contribution is 0.263. The fraction of sp³-hybridized carbons (Fsp3) is 0.261. The van der Waals surface area contributed by atoms with Gasteiger partial charge in [0.1, 0.15) is 17.1 Å². The van der Waals surface area contributed by atoms with Gasteiger partial charge in [-0.15, -0.1) is 6.42 Å². The lowest BCUT2D eigenvalue weighted by atomic mass is 10.2. The summed E-state index contributed by atoms with van der Waals surface area (Å²) in [6.45, 7) is 2.48. The number of fused-ring (bicyclic) bond motifs is 1. The molecule has 0 fully saturated rings. The number of hydrogen-bond donors (Lipinski definition) is 0. The third-order valence-corrected chi connectivity index (χ3v) is 4.34. The van der Waals surface area contributed by atoms with E-state index in [-0.39, 0.29) is 11.4 Å². The summed E-state index contributed by atoms with van der Waals surface area (Å²) < 4.78 is 24.3. The predicted molar refractivity (Wildman–Crippen MR) is 108 cm³/mol. The molecule has 0 atom stereocenters. The highest BCUT2D eigenvalue weighted by atomic mass is 19.1. The van der Waals surface area contributed by atoms with E-state index in [4.69, 9.17) is 15.6 Å². The minimum atomic E-state index is -0.378. The Morgan fingerprint density at radius 1 is 1.11 bits per heavy atom. The summed E-state index contributed by atoms with van der Waals surface area (Å²) in [5, 5.41) is 0.856. The number of rotatable bonds is 9. The molecule has 0 N–H and O–H groups in total. The molecule has 0 aliphatic rings. The van der Waals surface area contributed by atoms with Crippen molar-refractivity contribution < 1.29 is 13.5 Å². The van der Waals surface area contributed by atoms with Gasteiger partial charge in [-0.3, -0.25) is 4.90 Å². The van der Waals surface area contributed by atoms with Gasteiger partial charge in [-0.05, 0) is 55.3 Å². The fourth-order valence-corrected chi connectivity index (χ4v) is 2.99. The molecule has 3 aromatic rings. The van der Waals surface area contributed by atoms with Crippen LogP contribution in [0.5, 0.6) is 5.75 Å². The fourth-order valence-electron chi connectivity index (χ4n) is 2.99. The Kier molecular flexibility index (Phi) is 6.83. The van der Waals surface area contributed by atoms with E-state index in [0.29, 0.717) is 31.0 Å². The molecule has 28 heavy (non-hydrogen) atoms. The highest BCUT2D eigenvalue weighted by molar-refractivity contribution is 5.77. The second kappa shape index (κ2) is 9.72. The van der Waals surface area contributed by atoms with Crippen molar-refractivity contribution in [1.29, 1.82) is 0 Å². The van der Waals surface area contributed by atoms with Crippen LogP contribution in [0.4, 0.5) is 4.39 Å². The summed E-state index contributed by atoms with van der Waals surface area (Å²) >= 11 is 0. The second-order valence-electron chi connectivity index (χ2n) is 6.55. The van der Waals surface area contributed by atoms with Crippen molar-refractivity contribution in [1.82, 2.24) is 4.90 Å². The van der Waals surface area contributed by atoms with Gasteiger partial charge in [0.2, 0.25) is 0 Å². The molecule has 0 saturated carbocycles. The molecule has 5 heteroatoms. The Morgan fingerprint density at radius 2 is 1.96 bits per heavy atom. The topological polar surface area (TPSA) is 42.7 Å². The van der Waals surface area contributed by atoms with E-state index in [1.807, 2.05) is 18.2 Å². The summed E-state index contributed by atoms with van der Waals surface area (Å²) in [4.78, 5) is 13.4. The number of unbranched alkanes of at least 4 members (excludes halogenated alkanes) is 1. The van der Waals surface area contributed by atoms with Crippen LogP contribution in [-0.2, 0) is 6.54 Å². The maximum atomic E-state index is 13.3. The smallest absolute Gasteiger partial charge is 0.336 e. The molecule has 4 nitrogen and oxygen atoms in total. The zero-order valence-electron chi connectivity index (χ0n) is 15.6. The van der Waals surface area contributed by atoms with Crippen molar-refractivity contribution in [2.24, 2.45) is 0 Å². The summed E-state index contributed by atoms with van der Waals surface area (Å²) in [5.74, 6) is 3.09. The number of nitrogens with zero attached hydrogens (tertiary/aromatic N) is 1. The standard InChI is InChI=1S/C23H22FNO3/c1-2-12-25(17-18-6-5-7-20(24)15-18)13-3-4-14-27-21-10-8-19-9-11-23(26)28-22(19)16-21/h1,5-11,15-16H,3-4,12-14,17H2. The molecule has 0 aliphatic heterocycles. The second-order valence-corrected chi connectivity index (χ2v) is 6.55. The first-order valence-corrected chi connectivity index (χ1v) is 9.21. The molecule has 0 spiro atoms. The lowest BCUT2D eigenvalue weighted by Gasteiger charge is -2.20. The summed E-state index contributed by atoms with van der Waals surface area (Å²) in [6, 6.07) is 15.1. The van der Waals surface area contributed by atoms with Crippen molar-refractivity contribution in [2.45, 2.75) is 19.4 Å². The maximum Gasteiger partial charge on any atom is 0.336 e. The van der Waals surface area contributed by atoms with E-state index < -0.39 is 0 Å². The first-order chi connectivity index (χ1) is 13.6. The Balaban J connectivity index is 1.46. The maximum absolute atomic E-state index is 13.3. The Morgan fingerprint density at radius 3 is 2.79 bits per heavy atom. The van der Waals surface area contributed by atoms with Gasteiger partial charge in [0.15, 0.2) is 0 Å². The monoisotopic (exact) mass is 379 g/mol. The molecule has 0 amide bonds. The number of hydrogen-bond acceptors (Lipinski definition) is 4. The van der Waals surface area contributed by atoms with Gasteiger partial charge >= 0.3 is 5.63 Å². The van der Waals surface area contributed by atoms with Crippen molar-refractivity contribution in [3.05, 3.63) is 76.4 Å². The van der Waals surface area contributed by atoms with Gasteiger partial charge < -0.3 is 9.15 Å². The van der Waals surface area contributed by atoms with E-state index in [9.17, 15) is 9.18 Å². The van der Waals surface area contributed by atoms with Crippen LogP contribution in [0.3, 0.4) is 0 Å². The average Bonchev–Trinajstić information content (AvgIpc) is 2.67. The number of halogens is 1. The van der Waals surface area contributed by atoms with Crippen LogP contribution in [0.15, 0.2) is 63.8 Å². The van der Waals surface area contributed by atoms with Crippen molar-refractivity contribution in [2.75, 3.05) is 19.7 Å². The molecule has 0 saturated heterocycles. The van der Waals surface area contributed by atoms with Crippen LogP contribution in [-0.4, -0.2) is 24.6 Å². The zero-order chi connectivity index (χ0) is 19.8. The van der Waals surface area contributed by atoms with Crippen LogP contribution in [0, 0.1) is 18.2 Å². The van der Waals surface area contributed by atoms with Crippen LogP contribution >= 0.6 is 0 Å². The van der Waals surface area contributed by atoms with E-state index in [1.54, 1.807) is 18.2 Å². The van der Waals surface area contributed by atoms with E-state index in [0.717, 1.165) is 30.3 Å². The van der Waals surface area contributed by atoms with Crippen molar-refractivity contribution >= 4 is 11.0 Å². The Hall–Kier alpha value is -3.10. The first-order valence-electron chi connectivity index (χ1n) is 9.21. The summed E-state index contributed by atoms with van der Waals surface area (Å²) in [7, 11) is 0. The first kappa shape index (κ1) is 19.7. The number of terminal acetylenes is 1. The average molecular weight is 379 g/mol. The highest BCUT2D eigenvalue weighted by Gasteiger charge is 2.06. The molecule has 0 unspecified atom stereocenters. The van der Waals surface area contributed by atoms with Crippen molar-refractivity contribution in [3.63, 3.8) is 0 Å². The minimum Gasteiger partial charge on any atom is -0.493 e. The van der Waals surface area contributed by atoms with Gasteiger partial charge in [0.25, 0.3) is 0 Å². The lowest BCUT2D eigenvalue weighted by Crippen LogP contribution is -2.25. The third-order valence-electron chi connectivity index (χ3n) is 4.34. The molecule has 2 aromatic carbocycles. The molecule has 0 bridgehead atoms. The van der Waals surface area contributed by atoms with Gasteiger partial charge in [0.05, 0.1) is 13.2 Å². The predicted octanol–water partition coefficient (Wildman–Crippen LogP) is 4.23. The SMILES string of the molecule is C#CCN(CCCCOc1ccc2ccc(=O)oc2c1)Cc1cccc(F)c1. The number of benzene rings is 2. The van der Waals surface area contributed by atoms with Gasteiger partial charge in [0, 0.05) is 24.1 Å². The van der Waals surface area contributed by atoms with E-state index >= 15 is 0 Å². The quantitative estimate of drug-likeness (QED) is 0.317. The van der Waals surface area contributed by atoms with Gasteiger partial charge in [-0.25, -0.2) is 9.18 Å². The van der Waals surface area contributed by atoms with Crippen LogP contribution in [0.2, 0.25) is 0 Å². The number of ether oxygens (including phenoxy) is 1. The minimum absolute atomic E-state index is 0.238. The van der Waals surface area contributed by atoms with Crippen LogP contribution in [0.25, 0.3) is 11.0 Å². The van der Waals surface area contributed by atoms with Gasteiger partial charge in [-0.1, -0.05) is 18.1 Å². The summed E-state index contributed by atoms with van der Waals surface area (Å²) in [5.41, 5.74) is 1.04. The Labute approximate surface area is 163 Å². The molecule has 0 radical (unpaired) electrons. The third kappa shape index (κ3) is 5.70. The molecular formula is C23H22FNO3. The van der Waals surface area contributed by atoms with E-state index in [2.05, 4.69) is 10.8 Å². The summed E-state index contributed by atoms with van der Waals surface area (Å²) in [6.07, 6.45) is 7.20. The van der Waals surface area contributed by atoms with Crippen molar-refractivity contribution in [3.8, 4) is 18.1 Å². The molecule has 0 aliphatic carbocycles. The highest BCUT2D eigenvalue weighted by Crippen LogP contribution is 2.19.